The van der Waals surface area contributed by atoms with Gasteiger partial charge in [0.15, 0.2) is 5.76 Å². The van der Waals surface area contributed by atoms with E-state index >= 15 is 0 Å². The molecule has 0 radical (unpaired) electrons. The lowest BCUT2D eigenvalue weighted by Crippen LogP contribution is -2.38. The molecule has 2 heterocycles. The Balaban J connectivity index is 1.68. The topological polar surface area (TPSA) is 83.7 Å². The van der Waals surface area contributed by atoms with E-state index in [0.29, 0.717) is 43.9 Å². The Kier molecular flexibility index (Phi) is 5.67. The Labute approximate surface area is 160 Å². The van der Waals surface area contributed by atoms with E-state index in [1.54, 1.807) is 18.7 Å². The molecule has 1 saturated heterocycles. The second-order valence-electron chi connectivity index (χ2n) is 6.95. The summed E-state index contributed by atoms with van der Waals surface area (Å²) in [7, 11) is -3.68. The van der Waals surface area contributed by atoms with Crippen LogP contribution < -0.4 is 0 Å². The van der Waals surface area contributed by atoms with Crippen LogP contribution in [0, 0.1) is 20.8 Å². The molecule has 27 heavy (non-hydrogen) atoms. The van der Waals surface area contributed by atoms with Crippen LogP contribution >= 0.6 is 0 Å². The number of aromatic nitrogens is 1. The van der Waals surface area contributed by atoms with Gasteiger partial charge in [0.1, 0.15) is 10.6 Å². The molecule has 3 rings (SSSR count). The molecule has 2 aromatic rings. The highest BCUT2D eigenvalue weighted by Gasteiger charge is 2.32. The Morgan fingerprint density at radius 2 is 1.78 bits per heavy atom. The fourth-order valence-corrected chi connectivity index (χ4v) is 5.11. The average Bonchev–Trinajstić information content (AvgIpc) is 2.83. The van der Waals surface area contributed by atoms with E-state index in [2.05, 4.69) is 5.16 Å². The first-order chi connectivity index (χ1) is 12.8. The van der Waals surface area contributed by atoms with E-state index in [1.165, 1.54) is 4.31 Å². The molecule has 7 nitrogen and oxygen atoms in total. The highest BCUT2D eigenvalue weighted by molar-refractivity contribution is 7.89. The van der Waals surface area contributed by atoms with E-state index in [9.17, 15) is 13.2 Å². The van der Waals surface area contributed by atoms with Crippen molar-refractivity contribution in [2.24, 2.45) is 0 Å². The van der Waals surface area contributed by atoms with Crippen molar-refractivity contribution in [3.8, 4) is 0 Å². The number of hydrogen-bond acceptors (Lipinski definition) is 5. The van der Waals surface area contributed by atoms with Crippen LogP contribution in [0.15, 0.2) is 33.7 Å². The lowest BCUT2D eigenvalue weighted by Gasteiger charge is -2.22. The van der Waals surface area contributed by atoms with Gasteiger partial charge in [0.05, 0.1) is 6.42 Å². The first kappa shape index (κ1) is 19.6. The Bertz CT molecular complexity index is 899. The Hall–Kier alpha value is -2.19. The average molecular weight is 391 g/mol. The second kappa shape index (κ2) is 7.82. The van der Waals surface area contributed by atoms with Gasteiger partial charge in [0, 0.05) is 26.2 Å². The zero-order valence-corrected chi connectivity index (χ0v) is 16.8. The normalized spacial score (nSPS) is 16.3. The maximum absolute atomic E-state index is 13.0. The van der Waals surface area contributed by atoms with Crippen molar-refractivity contribution in [1.29, 1.82) is 0 Å². The van der Waals surface area contributed by atoms with Gasteiger partial charge in [-0.25, -0.2) is 8.42 Å². The summed E-state index contributed by atoms with van der Waals surface area (Å²) in [6.07, 6.45) is 0.930. The molecule has 0 saturated carbocycles. The summed E-state index contributed by atoms with van der Waals surface area (Å²) in [6, 6.07) is 7.89. The van der Waals surface area contributed by atoms with Gasteiger partial charge in [-0.15, -0.1) is 0 Å². The van der Waals surface area contributed by atoms with E-state index < -0.39 is 10.0 Å². The van der Waals surface area contributed by atoms with E-state index in [4.69, 9.17) is 4.52 Å². The third-order valence-electron chi connectivity index (χ3n) is 4.85. The summed E-state index contributed by atoms with van der Waals surface area (Å²) in [5.41, 5.74) is 2.49. The van der Waals surface area contributed by atoms with Crippen LogP contribution in [0.5, 0.6) is 0 Å². The number of carbonyl (C=O) groups is 1. The molecule has 1 aliphatic rings. The monoisotopic (exact) mass is 391 g/mol. The van der Waals surface area contributed by atoms with Crippen molar-refractivity contribution in [2.75, 3.05) is 26.2 Å². The fourth-order valence-electron chi connectivity index (χ4n) is 3.35. The predicted molar refractivity (Wildman–Crippen MR) is 101 cm³/mol. The molecule has 1 amide bonds. The largest absolute Gasteiger partial charge is 0.360 e. The quantitative estimate of drug-likeness (QED) is 0.797. The standard InChI is InChI=1S/C19H25N3O4S/c1-14-5-7-17(8-6-14)13-18(23)21-9-4-10-22(12-11-21)27(24,25)19-15(2)20-26-16(19)3/h5-8H,4,9-13H2,1-3H3. The molecule has 1 aliphatic heterocycles. The van der Waals surface area contributed by atoms with Gasteiger partial charge in [-0.3, -0.25) is 4.79 Å². The lowest BCUT2D eigenvalue weighted by molar-refractivity contribution is -0.130. The maximum Gasteiger partial charge on any atom is 0.248 e. The molecule has 1 fully saturated rings. The zero-order valence-electron chi connectivity index (χ0n) is 15.9. The first-order valence-corrected chi connectivity index (χ1v) is 10.5. The Morgan fingerprint density at radius 1 is 1.07 bits per heavy atom. The first-order valence-electron chi connectivity index (χ1n) is 9.05. The zero-order chi connectivity index (χ0) is 19.6. The summed E-state index contributed by atoms with van der Waals surface area (Å²) < 4.78 is 32.4. The third kappa shape index (κ3) is 4.22. The van der Waals surface area contributed by atoms with Crippen LogP contribution in [0.2, 0.25) is 0 Å². The summed E-state index contributed by atoms with van der Waals surface area (Å²) >= 11 is 0. The minimum atomic E-state index is -3.68. The van der Waals surface area contributed by atoms with Gasteiger partial charge < -0.3 is 9.42 Å². The number of nitrogens with zero attached hydrogens (tertiary/aromatic N) is 3. The van der Waals surface area contributed by atoms with Crippen molar-refractivity contribution < 1.29 is 17.7 Å². The van der Waals surface area contributed by atoms with E-state index in [0.717, 1.165) is 11.1 Å². The summed E-state index contributed by atoms with van der Waals surface area (Å²) in [5.74, 6) is 0.319. The summed E-state index contributed by atoms with van der Waals surface area (Å²) in [4.78, 5) is 14.5. The number of hydrogen-bond donors (Lipinski definition) is 0. The van der Waals surface area contributed by atoms with Crippen LogP contribution in [0.3, 0.4) is 0 Å². The van der Waals surface area contributed by atoms with E-state index in [-0.39, 0.29) is 17.3 Å². The van der Waals surface area contributed by atoms with Gasteiger partial charge in [-0.2, -0.15) is 4.31 Å². The number of aryl methyl sites for hydroxylation is 3. The number of benzene rings is 1. The number of sulfonamides is 1. The Morgan fingerprint density at radius 3 is 2.41 bits per heavy atom. The smallest absolute Gasteiger partial charge is 0.248 e. The molecule has 146 valence electrons. The molecule has 0 bridgehead atoms. The molecule has 8 heteroatoms. The second-order valence-corrected chi connectivity index (χ2v) is 8.83. The van der Waals surface area contributed by atoms with Crippen molar-refractivity contribution in [2.45, 2.75) is 38.5 Å². The predicted octanol–water partition coefficient (Wildman–Crippen LogP) is 2.07. The summed E-state index contributed by atoms with van der Waals surface area (Å²) in [5, 5.41) is 3.75. The van der Waals surface area contributed by atoms with Crippen LogP contribution in [-0.4, -0.2) is 54.9 Å². The molecule has 0 N–H and O–H groups in total. The molecule has 0 unspecified atom stereocenters. The third-order valence-corrected chi connectivity index (χ3v) is 6.99. The van der Waals surface area contributed by atoms with Gasteiger partial charge in [-0.05, 0) is 32.8 Å². The van der Waals surface area contributed by atoms with Crippen LogP contribution in [0.1, 0.15) is 29.0 Å². The van der Waals surface area contributed by atoms with Crippen molar-refractivity contribution in [3.05, 3.63) is 46.8 Å². The fraction of sp³-hybridized carbons (Fsp3) is 0.474. The molecule has 0 spiro atoms. The highest BCUT2D eigenvalue weighted by Crippen LogP contribution is 2.24. The molecule has 1 aromatic carbocycles. The lowest BCUT2D eigenvalue weighted by atomic mass is 10.1. The van der Waals surface area contributed by atoms with Crippen molar-refractivity contribution >= 4 is 15.9 Å². The van der Waals surface area contributed by atoms with Crippen LogP contribution in [0.4, 0.5) is 0 Å². The van der Waals surface area contributed by atoms with Gasteiger partial charge in [-0.1, -0.05) is 35.0 Å². The number of carbonyl (C=O) groups excluding carboxylic acids is 1. The molecule has 0 aliphatic carbocycles. The molecule has 1 aromatic heterocycles. The van der Waals surface area contributed by atoms with Crippen molar-refractivity contribution in [1.82, 2.24) is 14.4 Å². The maximum atomic E-state index is 13.0. The highest BCUT2D eigenvalue weighted by atomic mass is 32.2. The van der Waals surface area contributed by atoms with Crippen LogP contribution in [0.25, 0.3) is 0 Å². The SMILES string of the molecule is Cc1ccc(CC(=O)N2CCCN(S(=O)(=O)c3c(C)noc3C)CC2)cc1. The van der Waals surface area contributed by atoms with Gasteiger partial charge >= 0.3 is 0 Å². The minimum Gasteiger partial charge on any atom is -0.360 e. The molecular formula is C19H25N3O4S. The van der Waals surface area contributed by atoms with Crippen LogP contribution in [-0.2, 0) is 21.2 Å². The molecular weight excluding hydrogens is 366 g/mol. The minimum absolute atomic E-state index is 0.0236. The number of rotatable bonds is 4. The van der Waals surface area contributed by atoms with Crippen molar-refractivity contribution in [3.63, 3.8) is 0 Å². The van der Waals surface area contributed by atoms with Gasteiger partial charge in [0.2, 0.25) is 15.9 Å². The summed E-state index contributed by atoms with van der Waals surface area (Å²) in [6.45, 7) is 6.81. The van der Waals surface area contributed by atoms with Gasteiger partial charge in [0.25, 0.3) is 0 Å². The molecule has 0 atom stereocenters. The number of amides is 1. The van der Waals surface area contributed by atoms with E-state index in [1.807, 2.05) is 31.2 Å².